The zero-order valence-corrected chi connectivity index (χ0v) is 14.1. The summed E-state index contributed by atoms with van der Waals surface area (Å²) >= 11 is 0. The lowest BCUT2D eigenvalue weighted by atomic mass is 10.0. The van der Waals surface area contributed by atoms with E-state index in [0.29, 0.717) is 17.5 Å². The van der Waals surface area contributed by atoms with Crippen LogP contribution in [0.15, 0.2) is 34.9 Å². The van der Waals surface area contributed by atoms with Crippen molar-refractivity contribution in [2.45, 2.75) is 26.4 Å². The number of carbonyl (C=O) groups excluding carboxylic acids is 1. The van der Waals surface area contributed by atoms with E-state index in [0.717, 1.165) is 6.07 Å². The van der Waals surface area contributed by atoms with E-state index in [1.54, 1.807) is 6.92 Å². The number of esters is 1. The number of aryl methyl sites for hydroxylation is 1. The highest BCUT2D eigenvalue weighted by atomic mass is 19.4. The van der Waals surface area contributed by atoms with Crippen molar-refractivity contribution < 1.29 is 27.2 Å². The van der Waals surface area contributed by atoms with Crippen LogP contribution < -0.4 is 0 Å². The molecule has 0 aliphatic heterocycles. The van der Waals surface area contributed by atoms with Gasteiger partial charge in [-0.05, 0) is 25.5 Å². The molecule has 0 aliphatic rings. The minimum atomic E-state index is -4.56. The molecule has 26 heavy (non-hydrogen) atoms. The van der Waals surface area contributed by atoms with E-state index in [-0.39, 0.29) is 29.1 Å². The molecule has 2 aromatic heterocycles. The molecule has 0 amide bonds. The second kappa shape index (κ2) is 6.78. The lowest BCUT2D eigenvalue weighted by Crippen LogP contribution is -2.10. The average Bonchev–Trinajstić information content (AvgIpc) is 2.99. The van der Waals surface area contributed by atoms with Gasteiger partial charge in [-0.25, -0.2) is 9.78 Å². The third-order valence-electron chi connectivity index (χ3n) is 3.78. The van der Waals surface area contributed by atoms with Crippen LogP contribution in [-0.4, -0.2) is 22.7 Å². The number of ether oxygens (including phenoxy) is 1. The Morgan fingerprint density at radius 1 is 1.27 bits per heavy atom. The van der Waals surface area contributed by atoms with E-state index < -0.39 is 17.7 Å². The summed E-state index contributed by atoms with van der Waals surface area (Å²) < 4.78 is 50.2. The number of aromatic nitrogens is 2. The second-order valence-electron chi connectivity index (χ2n) is 5.68. The number of nitrogens with zero attached hydrogens (tertiary/aromatic N) is 2. The second-order valence-corrected chi connectivity index (χ2v) is 5.68. The standard InChI is InChI=1S/C18H15F3N2O3/c1-3-8-25-17(24)12-9-14(22-16-15(12)10(2)23-26-16)11-6-4-5-7-13(11)18(19,20)21/h4-7,9H,3,8H2,1-2H3. The van der Waals surface area contributed by atoms with E-state index in [1.807, 2.05) is 6.92 Å². The Morgan fingerprint density at radius 2 is 2.00 bits per heavy atom. The SMILES string of the molecule is CCCOC(=O)c1cc(-c2ccccc2C(F)(F)F)nc2onc(C)c12. The fourth-order valence-corrected chi connectivity index (χ4v) is 2.62. The van der Waals surface area contributed by atoms with Gasteiger partial charge in [0.2, 0.25) is 0 Å². The molecular weight excluding hydrogens is 349 g/mol. The Labute approximate surface area is 146 Å². The van der Waals surface area contributed by atoms with Gasteiger partial charge in [-0.1, -0.05) is 30.3 Å². The molecule has 0 radical (unpaired) electrons. The molecule has 0 aliphatic carbocycles. The number of alkyl halides is 3. The van der Waals surface area contributed by atoms with Crippen molar-refractivity contribution in [2.24, 2.45) is 0 Å². The first-order chi connectivity index (χ1) is 12.3. The molecule has 5 nitrogen and oxygen atoms in total. The summed E-state index contributed by atoms with van der Waals surface area (Å²) in [6.07, 6.45) is -3.94. The van der Waals surface area contributed by atoms with Gasteiger partial charge in [0.1, 0.15) is 0 Å². The largest absolute Gasteiger partial charge is 0.462 e. The zero-order valence-electron chi connectivity index (χ0n) is 14.1. The number of pyridine rings is 1. The first-order valence-corrected chi connectivity index (χ1v) is 7.93. The molecule has 3 aromatic rings. The van der Waals surface area contributed by atoms with Crippen LogP contribution in [0.1, 0.15) is 35.0 Å². The average molecular weight is 364 g/mol. The van der Waals surface area contributed by atoms with Gasteiger partial charge in [-0.15, -0.1) is 0 Å². The molecule has 136 valence electrons. The van der Waals surface area contributed by atoms with E-state index in [9.17, 15) is 18.0 Å². The summed E-state index contributed by atoms with van der Waals surface area (Å²) in [6, 6.07) is 6.30. The van der Waals surface area contributed by atoms with E-state index in [1.165, 1.54) is 24.3 Å². The zero-order chi connectivity index (χ0) is 18.9. The van der Waals surface area contributed by atoms with Gasteiger partial charge in [0.15, 0.2) is 0 Å². The molecule has 3 rings (SSSR count). The Balaban J connectivity index is 2.22. The van der Waals surface area contributed by atoms with Gasteiger partial charge in [0, 0.05) is 5.56 Å². The Kier molecular flexibility index (Phi) is 4.67. The van der Waals surface area contributed by atoms with Gasteiger partial charge in [-0.3, -0.25) is 0 Å². The maximum absolute atomic E-state index is 13.3. The highest BCUT2D eigenvalue weighted by Gasteiger charge is 2.34. The number of rotatable bonds is 4. The monoisotopic (exact) mass is 364 g/mol. The van der Waals surface area contributed by atoms with Crippen molar-refractivity contribution >= 4 is 17.1 Å². The topological polar surface area (TPSA) is 65.2 Å². The van der Waals surface area contributed by atoms with Crippen molar-refractivity contribution in [3.8, 4) is 11.3 Å². The fraction of sp³-hybridized carbons (Fsp3) is 0.278. The number of carbonyl (C=O) groups is 1. The van der Waals surface area contributed by atoms with E-state index >= 15 is 0 Å². The third-order valence-corrected chi connectivity index (χ3v) is 3.78. The Morgan fingerprint density at radius 3 is 2.69 bits per heavy atom. The fourth-order valence-electron chi connectivity index (χ4n) is 2.62. The van der Waals surface area contributed by atoms with Crippen LogP contribution in [0.2, 0.25) is 0 Å². The summed E-state index contributed by atoms with van der Waals surface area (Å²) in [4.78, 5) is 16.5. The molecule has 0 saturated carbocycles. The van der Waals surface area contributed by atoms with Gasteiger partial charge < -0.3 is 9.26 Å². The van der Waals surface area contributed by atoms with E-state index in [4.69, 9.17) is 9.26 Å². The highest BCUT2D eigenvalue weighted by molar-refractivity contribution is 6.04. The van der Waals surface area contributed by atoms with Crippen molar-refractivity contribution in [1.29, 1.82) is 0 Å². The maximum atomic E-state index is 13.3. The molecule has 2 heterocycles. The first-order valence-electron chi connectivity index (χ1n) is 7.93. The third kappa shape index (κ3) is 3.26. The van der Waals surface area contributed by atoms with Gasteiger partial charge in [-0.2, -0.15) is 13.2 Å². The molecule has 0 saturated heterocycles. The smallest absolute Gasteiger partial charge is 0.417 e. The van der Waals surface area contributed by atoms with E-state index in [2.05, 4.69) is 10.1 Å². The summed E-state index contributed by atoms with van der Waals surface area (Å²) in [6.45, 7) is 3.65. The van der Waals surface area contributed by atoms with Crippen LogP contribution in [0, 0.1) is 6.92 Å². The first kappa shape index (κ1) is 17.9. The van der Waals surface area contributed by atoms with Crippen LogP contribution in [-0.2, 0) is 10.9 Å². The summed E-state index contributed by atoms with van der Waals surface area (Å²) in [7, 11) is 0. The molecule has 8 heteroatoms. The molecule has 0 fully saturated rings. The number of fused-ring (bicyclic) bond motifs is 1. The molecule has 0 N–H and O–H groups in total. The highest BCUT2D eigenvalue weighted by Crippen LogP contribution is 2.37. The van der Waals surface area contributed by atoms with Crippen LogP contribution >= 0.6 is 0 Å². The lowest BCUT2D eigenvalue weighted by molar-refractivity contribution is -0.137. The molecule has 0 bridgehead atoms. The number of halogens is 3. The molecule has 0 unspecified atom stereocenters. The molecule has 0 atom stereocenters. The van der Waals surface area contributed by atoms with Crippen molar-refractivity contribution in [3.63, 3.8) is 0 Å². The maximum Gasteiger partial charge on any atom is 0.417 e. The predicted octanol–water partition coefficient (Wildman–Crippen LogP) is 4.78. The minimum absolute atomic E-state index is 0.0135. The van der Waals surface area contributed by atoms with Crippen molar-refractivity contribution in [2.75, 3.05) is 6.61 Å². The van der Waals surface area contributed by atoms with Gasteiger partial charge in [0.05, 0.1) is 34.5 Å². The molecule has 1 aromatic carbocycles. The summed E-state index contributed by atoms with van der Waals surface area (Å²) in [5.74, 6) is -0.656. The number of benzene rings is 1. The minimum Gasteiger partial charge on any atom is -0.462 e. The molecule has 0 spiro atoms. The summed E-state index contributed by atoms with van der Waals surface area (Å²) in [5, 5.41) is 4.09. The van der Waals surface area contributed by atoms with Crippen LogP contribution in [0.25, 0.3) is 22.4 Å². The van der Waals surface area contributed by atoms with Gasteiger partial charge in [0.25, 0.3) is 5.71 Å². The molecular formula is C18H15F3N2O3. The van der Waals surface area contributed by atoms with Crippen LogP contribution in [0.3, 0.4) is 0 Å². The Bertz CT molecular complexity index is 964. The normalized spacial score (nSPS) is 11.7. The summed E-state index contributed by atoms with van der Waals surface area (Å²) in [5.41, 5.74) is -0.567. The predicted molar refractivity (Wildman–Crippen MR) is 87.6 cm³/mol. The lowest BCUT2D eigenvalue weighted by Gasteiger charge is -2.13. The van der Waals surface area contributed by atoms with Crippen molar-refractivity contribution in [3.05, 3.63) is 47.2 Å². The Hall–Kier alpha value is -2.90. The number of hydrogen-bond acceptors (Lipinski definition) is 5. The van der Waals surface area contributed by atoms with Gasteiger partial charge >= 0.3 is 12.1 Å². The quantitative estimate of drug-likeness (QED) is 0.623. The van der Waals surface area contributed by atoms with Crippen LogP contribution in [0.4, 0.5) is 13.2 Å². The number of hydrogen-bond donors (Lipinski definition) is 0. The van der Waals surface area contributed by atoms with Crippen molar-refractivity contribution in [1.82, 2.24) is 10.1 Å². The van der Waals surface area contributed by atoms with Crippen LogP contribution in [0.5, 0.6) is 0 Å².